The molecule has 1 atom stereocenters. The number of pyridine rings is 1. The fraction of sp³-hybridized carbons (Fsp3) is 0.346. The summed E-state index contributed by atoms with van der Waals surface area (Å²) in [5.74, 6) is 0.166. The predicted octanol–water partition coefficient (Wildman–Crippen LogP) is 6.12. The summed E-state index contributed by atoms with van der Waals surface area (Å²) >= 11 is 1.23. The largest absolute Gasteiger partial charge is 0.493 e. The van der Waals surface area contributed by atoms with Crippen molar-refractivity contribution >= 4 is 49.2 Å². The normalized spacial score (nSPS) is 17.1. The van der Waals surface area contributed by atoms with Crippen LogP contribution in [0.2, 0.25) is 0 Å². The number of hydrogen-bond acceptors (Lipinski definition) is 6. The van der Waals surface area contributed by atoms with E-state index < -0.39 is 23.6 Å². The lowest BCUT2D eigenvalue weighted by atomic mass is 9.83. The van der Waals surface area contributed by atoms with Gasteiger partial charge in [-0.2, -0.15) is 13.2 Å². The third-order valence-electron chi connectivity index (χ3n) is 6.71. The van der Waals surface area contributed by atoms with Crippen molar-refractivity contribution in [3.8, 4) is 5.75 Å². The molecule has 1 aliphatic heterocycles. The van der Waals surface area contributed by atoms with Gasteiger partial charge in [-0.3, -0.25) is 9.88 Å². The molecule has 3 heterocycles. The molecule has 5 rings (SSSR count). The summed E-state index contributed by atoms with van der Waals surface area (Å²) in [6.07, 6.45) is -0.699. The van der Waals surface area contributed by atoms with Crippen molar-refractivity contribution in [3.63, 3.8) is 0 Å². The Morgan fingerprint density at radius 1 is 1.08 bits per heavy atom. The zero-order valence-electron chi connectivity index (χ0n) is 19.2. The number of halogens is 4. The van der Waals surface area contributed by atoms with Gasteiger partial charge < -0.3 is 14.9 Å². The quantitative estimate of drug-likeness (QED) is 0.287. The number of likely N-dealkylation sites (tertiary alicyclic amines) is 1. The fourth-order valence-corrected chi connectivity index (χ4v) is 5.57. The van der Waals surface area contributed by atoms with Crippen LogP contribution >= 0.6 is 28.3 Å². The molecule has 1 unspecified atom stereocenters. The molecular formula is C26H26BrF3N2O3S. The smallest absolute Gasteiger partial charge is 0.416 e. The van der Waals surface area contributed by atoms with Crippen LogP contribution in [0.3, 0.4) is 0 Å². The molecule has 2 N–H and O–H groups in total. The molecule has 192 valence electrons. The Balaban J connectivity index is 0.00000304. The first-order valence-electron chi connectivity index (χ1n) is 11.4. The van der Waals surface area contributed by atoms with Gasteiger partial charge in [-0.05, 0) is 41.8 Å². The first-order valence-corrected chi connectivity index (χ1v) is 12.3. The highest BCUT2D eigenvalue weighted by atomic mass is 79.9. The maximum atomic E-state index is 13.2. The van der Waals surface area contributed by atoms with Crippen molar-refractivity contribution in [2.45, 2.75) is 37.3 Å². The SMILES string of the molecule is Br.OC(CCOc1cc(C(F)(F)F)cc2sccc12)N1CCC(O)(c2cncc3ccccc23)CC1. The van der Waals surface area contributed by atoms with Crippen molar-refractivity contribution in [1.82, 2.24) is 9.88 Å². The molecule has 36 heavy (non-hydrogen) atoms. The third kappa shape index (κ3) is 5.38. The topological polar surface area (TPSA) is 65.8 Å². The van der Waals surface area contributed by atoms with Gasteiger partial charge in [0.2, 0.25) is 0 Å². The molecule has 0 radical (unpaired) electrons. The lowest BCUT2D eigenvalue weighted by Crippen LogP contribution is -2.47. The van der Waals surface area contributed by atoms with E-state index in [0.29, 0.717) is 36.0 Å². The molecular weight excluding hydrogens is 557 g/mol. The average molecular weight is 583 g/mol. The van der Waals surface area contributed by atoms with Crippen LogP contribution in [0.4, 0.5) is 13.2 Å². The number of aliphatic hydroxyl groups excluding tert-OH is 1. The van der Waals surface area contributed by atoms with Gasteiger partial charge >= 0.3 is 6.18 Å². The minimum absolute atomic E-state index is 0. The molecule has 1 aliphatic rings. The number of rotatable bonds is 6. The number of benzene rings is 2. The summed E-state index contributed by atoms with van der Waals surface area (Å²) in [6, 6.07) is 11.7. The van der Waals surface area contributed by atoms with E-state index in [0.717, 1.165) is 28.5 Å². The molecule has 0 bridgehead atoms. The Bertz CT molecular complexity index is 1330. The number of thiophene rings is 1. The van der Waals surface area contributed by atoms with Crippen molar-refractivity contribution < 1.29 is 28.1 Å². The van der Waals surface area contributed by atoms with E-state index in [9.17, 15) is 23.4 Å². The highest BCUT2D eigenvalue weighted by Crippen LogP contribution is 2.39. The van der Waals surface area contributed by atoms with E-state index in [-0.39, 0.29) is 35.8 Å². The van der Waals surface area contributed by atoms with Crippen LogP contribution in [0.5, 0.6) is 5.75 Å². The number of nitrogens with zero attached hydrogens (tertiary/aromatic N) is 2. The van der Waals surface area contributed by atoms with E-state index >= 15 is 0 Å². The standard InChI is InChI=1S/C26H25F3N2O3S.BrH/c27-26(28,29)18-13-22(20-6-12-35-23(20)14-18)34-11-5-24(32)31-9-7-25(33,8-10-31)21-16-30-15-17-3-1-2-4-19(17)21;/h1-4,6,12-16,24,32-33H,5,7-11H2;1H. The number of aromatic nitrogens is 1. The molecule has 2 aromatic carbocycles. The van der Waals surface area contributed by atoms with Crippen LogP contribution in [-0.2, 0) is 11.8 Å². The zero-order chi connectivity index (χ0) is 24.6. The minimum Gasteiger partial charge on any atom is -0.493 e. The average Bonchev–Trinajstić information content (AvgIpc) is 3.32. The summed E-state index contributed by atoms with van der Waals surface area (Å²) in [4.78, 5) is 6.15. The third-order valence-corrected chi connectivity index (χ3v) is 7.57. The van der Waals surface area contributed by atoms with Gasteiger partial charge in [0.15, 0.2) is 0 Å². The van der Waals surface area contributed by atoms with Gasteiger partial charge in [0, 0.05) is 52.9 Å². The molecule has 5 nitrogen and oxygen atoms in total. The highest BCUT2D eigenvalue weighted by molar-refractivity contribution is 8.93. The lowest BCUT2D eigenvalue weighted by molar-refractivity contribution is -0.137. The van der Waals surface area contributed by atoms with Crippen molar-refractivity contribution in [3.05, 3.63) is 71.4 Å². The van der Waals surface area contributed by atoms with E-state index in [4.69, 9.17) is 4.74 Å². The van der Waals surface area contributed by atoms with Crippen molar-refractivity contribution in [2.75, 3.05) is 19.7 Å². The number of alkyl halides is 3. The number of hydrogen-bond donors (Lipinski definition) is 2. The second kappa shape index (κ2) is 10.6. The van der Waals surface area contributed by atoms with Crippen LogP contribution in [0, 0.1) is 0 Å². The molecule has 2 aromatic heterocycles. The number of ether oxygens (including phenoxy) is 1. The van der Waals surface area contributed by atoms with Crippen LogP contribution in [-0.4, -0.2) is 46.0 Å². The second-order valence-corrected chi connectivity index (χ2v) is 9.85. The number of fused-ring (bicyclic) bond motifs is 2. The second-order valence-electron chi connectivity index (χ2n) is 8.90. The molecule has 4 aromatic rings. The van der Waals surface area contributed by atoms with E-state index in [1.165, 1.54) is 11.3 Å². The first kappa shape index (κ1) is 26.8. The van der Waals surface area contributed by atoms with E-state index in [1.54, 1.807) is 23.8 Å². The summed E-state index contributed by atoms with van der Waals surface area (Å²) in [5.41, 5.74) is -0.998. The highest BCUT2D eigenvalue weighted by Gasteiger charge is 2.37. The Kier molecular flexibility index (Phi) is 7.92. The van der Waals surface area contributed by atoms with E-state index in [1.807, 2.05) is 29.2 Å². The van der Waals surface area contributed by atoms with Crippen LogP contribution in [0.1, 0.15) is 30.4 Å². The van der Waals surface area contributed by atoms with Gasteiger partial charge in [0.05, 0.1) is 17.8 Å². The summed E-state index contributed by atoms with van der Waals surface area (Å²) in [6.45, 7) is 1.01. The van der Waals surface area contributed by atoms with Crippen molar-refractivity contribution in [1.29, 1.82) is 0 Å². The predicted molar refractivity (Wildman–Crippen MR) is 140 cm³/mol. The maximum Gasteiger partial charge on any atom is 0.416 e. The van der Waals surface area contributed by atoms with Gasteiger partial charge in [0.25, 0.3) is 0 Å². The first-order chi connectivity index (χ1) is 16.7. The minimum atomic E-state index is -4.46. The number of aliphatic hydroxyl groups is 2. The van der Waals surface area contributed by atoms with Gasteiger partial charge in [-0.25, -0.2) is 0 Å². The fourth-order valence-electron chi connectivity index (χ4n) is 4.73. The summed E-state index contributed by atoms with van der Waals surface area (Å²) < 4.78 is 45.9. The Hall–Kier alpha value is -2.24. The maximum absolute atomic E-state index is 13.2. The van der Waals surface area contributed by atoms with E-state index in [2.05, 4.69) is 4.98 Å². The molecule has 0 aliphatic carbocycles. The van der Waals surface area contributed by atoms with Gasteiger partial charge in [-0.15, -0.1) is 28.3 Å². The van der Waals surface area contributed by atoms with Crippen molar-refractivity contribution in [2.24, 2.45) is 0 Å². The molecule has 0 amide bonds. The molecule has 0 saturated carbocycles. The van der Waals surface area contributed by atoms with Crippen LogP contribution in [0.15, 0.2) is 60.2 Å². The zero-order valence-corrected chi connectivity index (χ0v) is 21.8. The summed E-state index contributed by atoms with van der Waals surface area (Å²) in [5, 5.41) is 26.4. The Morgan fingerprint density at radius 2 is 1.83 bits per heavy atom. The molecule has 0 spiro atoms. The van der Waals surface area contributed by atoms with Gasteiger partial charge in [-0.1, -0.05) is 24.3 Å². The monoisotopic (exact) mass is 582 g/mol. The van der Waals surface area contributed by atoms with Crippen LogP contribution < -0.4 is 4.74 Å². The molecule has 10 heteroatoms. The lowest BCUT2D eigenvalue weighted by Gasteiger charge is -2.40. The van der Waals surface area contributed by atoms with Gasteiger partial charge in [0.1, 0.15) is 12.0 Å². The summed E-state index contributed by atoms with van der Waals surface area (Å²) in [7, 11) is 0. The molecule has 1 fully saturated rings. The van der Waals surface area contributed by atoms with Crippen LogP contribution in [0.25, 0.3) is 20.9 Å². The Labute approximate surface area is 220 Å². The number of piperidine rings is 1. The Morgan fingerprint density at radius 3 is 2.58 bits per heavy atom. The molecule has 1 saturated heterocycles.